The first kappa shape index (κ1) is 27.3. The molecule has 0 saturated heterocycles. The van der Waals surface area contributed by atoms with Crippen molar-refractivity contribution in [2.75, 3.05) is 14.2 Å². The van der Waals surface area contributed by atoms with E-state index in [2.05, 4.69) is 10.1 Å². The molecule has 4 N–H and O–H groups in total. The molecule has 0 saturated carbocycles. The smallest absolute Gasteiger partial charge is 0.260 e. The van der Waals surface area contributed by atoms with Crippen molar-refractivity contribution in [2.24, 2.45) is 5.16 Å². The Bertz CT molecular complexity index is 2170. The van der Waals surface area contributed by atoms with E-state index < -0.39 is 79.4 Å². The number of aromatic nitrogens is 1. The van der Waals surface area contributed by atoms with Crippen LogP contribution in [0, 0.1) is 0 Å². The Labute approximate surface area is 250 Å². The van der Waals surface area contributed by atoms with Crippen LogP contribution in [0.5, 0.6) is 17.2 Å². The maximum atomic E-state index is 14.4. The molecule has 44 heavy (non-hydrogen) atoms. The molecular formula is C31H20N2O10S. The molecule has 0 unspecified atom stereocenters. The van der Waals surface area contributed by atoms with Crippen molar-refractivity contribution in [3.05, 3.63) is 84.8 Å². The summed E-state index contributed by atoms with van der Waals surface area (Å²) in [6.45, 7) is 0. The number of carbonyl (C=O) groups is 4. The zero-order valence-corrected chi connectivity index (χ0v) is 23.7. The average Bonchev–Trinajstić information content (AvgIpc) is 3.72. The van der Waals surface area contributed by atoms with Gasteiger partial charge in [0.2, 0.25) is 5.78 Å². The highest BCUT2D eigenvalue weighted by atomic mass is 32.1. The summed E-state index contributed by atoms with van der Waals surface area (Å²) in [5, 5.41) is 39.9. The number of hydrogen-bond donors (Lipinski definition) is 4. The van der Waals surface area contributed by atoms with Gasteiger partial charge in [-0.1, -0.05) is 11.2 Å². The number of aromatic amines is 1. The molecule has 3 aliphatic carbocycles. The number of pyridine rings is 1. The number of ether oxygens (including phenoxy) is 1. The number of benzene rings is 2. The zero-order valence-electron chi connectivity index (χ0n) is 22.9. The Morgan fingerprint density at radius 3 is 2.30 bits per heavy atom. The van der Waals surface area contributed by atoms with Gasteiger partial charge in [0.05, 0.1) is 46.7 Å². The number of phenolic OH excluding ortho intramolecular Hbond substituents is 3. The molecule has 12 nitrogen and oxygen atoms in total. The molecule has 2 aromatic carbocycles. The summed E-state index contributed by atoms with van der Waals surface area (Å²) in [4.78, 5) is 76.2. The maximum Gasteiger partial charge on any atom is 0.260 e. The van der Waals surface area contributed by atoms with Gasteiger partial charge in [0, 0.05) is 27.5 Å². The lowest BCUT2D eigenvalue weighted by Gasteiger charge is -2.24. The van der Waals surface area contributed by atoms with Crippen LogP contribution < -0.4 is 5.56 Å². The van der Waals surface area contributed by atoms with Crippen molar-refractivity contribution in [3.8, 4) is 27.7 Å². The van der Waals surface area contributed by atoms with Gasteiger partial charge in [0.25, 0.3) is 5.56 Å². The number of Topliss-reactive ketones (excluding diaryl/α,β-unsaturated/α-hetero) is 3. The number of thiophene rings is 1. The molecule has 0 aliphatic heterocycles. The van der Waals surface area contributed by atoms with Crippen molar-refractivity contribution in [1.29, 1.82) is 0 Å². The second-order valence-corrected chi connectivity index (χ2v) is 11.4. The normalized spacial score (nSPS) is 18.7. The SMILES string of the molecule is CO/N=C/c1cc2c(-c3cccs3)c3c(c(O)c2c(=O)[nH]1)[C@@]1(CC3)C(=O)c2c(O)c3c(c(O)c2C1=O)C(=O)C(OC)=CC3=O. The van der Waals surface area contributed by atoms with Gasteiger partial charge in [0.1, 0.15) is 29.8 Å². The number of rotatable bonds is 4. The standard InChI is InChI=1S/C31H20N2O10S/c1-42-15-9-14(34)19-20(24(15)35)26(37)22-21(25(19)36)28(39)31(29(22)40)6-5-12-17(16-4-3-7-44-16)13-8-11(10-32-43-2)33-30(41)18(13)27(38)23(12)31/h3-4,7-10,36-38H,5-6H2,1-2H3,(H,33,41)/b32-10+/t31-/m0/s1. The molecule has 2 aromatic heterocycles. The summed E-state index contributed by atoms with van der Waals surface area (Å²) < 4.78 is 4.95. The molecule has 13 heteroatoms. The van der Waals surface area contributed by atoms with E-state index in [4.69, 9.17) is 9.57 Å². The summed E-state index contributed by atoms with van der Waals surface area (Å²) >= 11 is 1.34. The quantitative estimate of drug-likeness (QED) is 0.115. The highest BCUT2D eigenvalue weighted by Gasteiger charge is 2.62. The third kappa shape index (κ3) is 3.21. The van der Waals surface area contributed by atoms with Crippen LogP contribution in [-0.4, -0.2) is 63.9 Å². The fourth-order valence-corrected chi connectivity index (χ4v) is 7.55. The predicted molar refractivity (Wildman–Crippen MR) is 156 cm³/mol. The second-order valence-electron chi connectivity index (χ2n) is 10.5. The monoisotopic (exact) mass is 612 g/mol. The van der Waals surface area contributed by atoms with Crippen molar-refractivity contribution >= 4 is 51.5 Å². The number of methoxy groups -OCH3 is 1. The van der Waals surface area contributed by atoms with Gasteiger partial charge in [-0.3, -0.25) is 24.0 Å². The first-order valence-electron chi connectivity index (χ1n) is 13.2. The number of nitrogens with zero attached hydrogens (tertiary/aromatic N) is 1. The van der Waals surface area contributed by atoms with Gasteiger partial charge in [0.15, 0.2) is 23.1 Å². The number of nitrogens with one attached hydrogen (secondary N) is 1. The van der Waals surface area contributed by atoms with E-state index in [9.17, 15) is 39.3 Å². The van der Waals surface area contributed by atoms with E-state index in [-0.39, 0.29) is 29.5 Å². The van der Waals surface area contributed by atoms with E-state index in [0.29, 0.717) is 21.4 Å². The number of carbonyl (C=O) groups excluding carboxylic acids is 4. The number of hydrogen-bond acceptors (Lipinski definition) is 12. The van der Waals surface area contributed by atoms with Crippen LogP contribution in [0.3, 0.4) is 0 Å². The van der Waals surface area contributed by atoms with Gasteiger partial charge in [-0.25, -0.2) is 0 Å². The molecule has 0 bridgehead atoms. The van der Waals surface area contributed by atoms with Gasteiger partial charge in [-0.05, 0) is 35.9 Å². The number of allylic oxidation sites excluding steroid dienone is 2. The molecule has 2 heterocycles. The number of H-pyrrole nitrogens is 1. The molecule has 0 amide bonds. The zero-order chi connectivity index (χ0) is 31.2. The summed E-state index contributed by atoms with van der Waals surface area (Å²) in [5.41, 5.74) is -4.38. The topological polar surface area (TPSA) is 193 Å². The first-order chi connectivity index (χ1) is 21.1. The van der Waals surface area contributed by atoms with Gasteiger partial charge < -0.3 is 29.9 Å². The highest BCUT2D eigenvalue weighted by Crippen LogP contribution is 2.59. The minimum Gasteiger partial charge on any atom is -0.507 e. The Morgan fingerprint density at radius 2 is 1.66 bits per heavy atom. The summed E-state index contributed by atoms with van der Waals surface area (Å²) in [5.74, 6) is -6.73. The van der Waals surface area contributed by atoms with Crippen molar-refractivity contribution in [3.63, 3.8) is 0 Å². The van der Waals surface area contributed by atoms with E-state index in [1.54, 1.807) is 18.2 Å². The Kier molecular flexibility index (Phi) is 5.72. The van der Waals surface area contributed by atoms with Crippen molar-refractivity contribution < 1.29 is 44.1 Å². The fraction of sp³-hybridized carbons (Fsp3) is 0.161. The molecule has 0 fully saturated rings. The van der Waals surface area contributed by atoms with Crippen molar-refractivity contribution in [1.82, 2.24) is 4.98 Å². The van der Waals surface area contributed by atoms with Gasteiger partial charge >= 0.3 is 0 Å². The van der Waals surface area contributed by atoms with Crippen LogP contribution >= 0.6 is 11.3 Å². The van der Waals surface area contributed by atoms with Crippen LogP contribution in [0.4, 0.5) is 0 Å². The molecule has 7 rings (SSSR count). The first-order valence-corrected chi connectivity index (χ1v) is 14.1. The molecule has 220 valence electrons. The van der Waals surface area contributed by atoms with Crippen LogP contribution in [0.2, 0.25) is 0 Å². The molecule has 3 aliphatic rings. The van der Waals surface area contributed by atoms with Crippen molar-refractivity contribution in [2.45, 2.75) is 18.3 Å². The third-order valence-electron chi connectivity index (χ3n) is 8.50. The van der Waals surface area contributed by atoms with Crippen LogP contribution in [-0.2, 0) is 21.4 Å². The molecule has 4 aromatic rings. The van der Waals surface area contributed by atoms with Crippen LogP contribution in [0.15, 0.2) is 45.4 Å². The van der Waals surface area contributed by atoms with E-state index >= 15 is 0 Å². The fourth-order valence-electron chi connectivity index (χ4n) is 6.74. The highest BCUT2D eigenvalue weighted by molar-refractivity contribution is 7.13. The molecule has 0 radical (unpaired) electrons. The molecular weight excluding hydrogens is 592 g/mol. The third-order valence-corrected chi connectivity index (χ3v) is 9.39. The van der Waals surface area contributed by atoms with E-state index in [0.717, 1.165) is 13.2 Å². The van der Waals surface area contributed by atoms with E-state index in [1.165, 1.54) is 24.7 Å². The Morgan fingerprint density at radius 1 is 0.955 bits per heavy atom. The van der Waals surface area contributed by atoms with Gasteiger partial charge in [-0.2, -0.15) is 0 Å². The summed E-state index contributed by atoms with van der Waals surface area (Å²) in [6, 6.07) is 5.17. The number of fused-ring (bicyclic) bond motifs is 5. The number of phenols is 3. The largest absolute Gasteiger partial charge is 0.507 e. The second kappa shape index (κ2) is 9.22. The number of oxime groups is 1. The molecule has 1 atom stereocenters. The van der Waals surface area contributed by atoms with Crippen LogP contribution in [0.1, 0.15) is 64.7 Å². The minimum atomic E-state index is -2.16. The minimum absolute atomic E-state index is 0.0975. The van der Waals surface area contributed by atoms with Crippen LogP contribution in [0.25, 0.3) is 21.2 Å². The lowest BCUT2D eigenvalue weighted by Crippen LogP contribution is -2.36. The predicted octanol–water partition coefficient (Wildman–Crippen LogP) is 3.53. The lowest BCUT2D eigenvalue weighted by atomic mass is 9.75. The lowest BCUT2D eigenvalue weighted by molar-refractivity contribution is 0.0790. The van der Waals surface area contributed by atoms with E-state index in [1.807, 2.05) is 5.38 Å². The molecule has 1 spiro atoms. The number of ketones is 4. The number of aromatic hydroxyl groups is 3. The Balaban J connectivity index is 1.55. The van der Waals surface area contributed by atoms with Gasteiger partial charge in [-0.15, -0.1) is 11.3 Å². The average molecular weight is 613 g/mol. The summed E-state index contributed by atoms with van der Waals surface area (Å²) in [7, 11) is 2.47. The summed E-state index contributed by atoms with van der Waals surface area (Å²) in [6.07, 6.45) is 2.02. The maximum absolute atomic E-state index is 14.4. The Hall–Kier alpha value is -5.56.